The highest BCUT2D eigenvalue weighted by molar-refractivity contribution is 5.70. The Morgan fingerprint density at radius 2 is 2.50 bits per heavy atom. The number of aromatic nitrogens is 5. The molecule has 18 heavy (non-hydrogen) atoms. The second-order valence-corrected chi connectivity index (χ2v) is 4.48. The lowest BCUT2D eigenvalue weighted by Crippen LogP contribution is -2.22. The van der Waals surface area contributed by atoms with Crippen LogP contribution in [0.15, 0.2) is 12.7 Å². The minimum absolute atomic E-state index is 0.294. The number of carbonyl (C=O) groups is 1. The van der Waals surface area contributed by atoms with E-state index in [-0.39, 0.29) is 5.92 Å². The number of aromatic amines is 1. The van der Waals surface area contributed by atoms with Gasteiger partial charge in [0.05, 0.1) is 11.6 Å². The van der Waals surface area contributed by atoms with Crippen molar-refractivity contribution in [2.45, 2.75) is 25.8 Å². The molecule has 0 aliphatic heterocycles. The lowest BCUT2D eigenvalue weighted by molar-refractivity contribution is -0.142. The van der Waals surface area contributed by atoms with E-state index in [1.807, 2.05) is 0 Å². The van der Waals surface area contributed by atoms with E-state index in [9.17, 15) is 4.79 Å². The van der Waals surface area contributed by atoms with Gasteiger partial charge in [0.15, 0.2) is 0 Å². The predicted molar refractivity (Wildman–Crippen MR) is 60.9 cm³/mol. The van der Waals surface area contributed by atoms with Gasteiger partial charge in [-0.05, 0) is 12.8 Å². The van der Waals surface area contributed by atoms with Crippen molar-refractivity contribution >= 4 is 5.97 Å². The summed E-state index contributed by atoms with van der Waals surface area (Å²) in [6.45, 7) is 0.532. The number of aliphatic carboxylic acids is 1. The second-order valence-electron chi connectivity index (χ2n) is 4.48. The van der Waals surface area contributed by atoms with Crippen LogP contribution in [0.1, 0.15) is 23.6 Å². The fourth-order valence-corrected chi connectivity index (χ4v) is 2.29. The quantitative estimate of drug-likeness (QED) is 0.809. The molecule has 0 bridgehead atoms. The lowest BCUT2D eigenvalue weighted by atomic mass is 9.90. The maximum Gasteiger partial charge on any atom is 0.306 e. The molecule has 0 amide bonds. The molecule has 1 aliphatic rings. The fourth-order valence-electron chi connectivity index (χ4n) is 2.29. The van der Waals surface area contributed by atoms with Gasteiger partial charge in [0.1, 0.15) is 25.0 Å². The molecule has 2 aromatic heterocycles. The van der Waals surface area contributed by atoms with E-state index in [0.29, 0.717) is 19.4 Å². The summed E-state index contributed by atoms with van der Waals surface area (Å²) in [5.41, 5.74) is 1.94. The molecule has 0 radical (unpaired) electrons. The van der Waals surface area contributed by atoms with Crippen LogP contribution in [0.25, 0.3) is 0 Å². The van der Waals surface area contributed by atoms with Gasteiger partial charge in [0, 0.05) is 12.1 Å². The van der Waals surface area contributed by atoms with Gasteiger partial charge in [-0.25, -0.2) is 14.6 Å². The predicted octanol–water partition coefficient (Wildman–Crippen LogP) is 0.239. The van der Waals surface area contributed by atoms with Gasteiger partial charge in [-0.2, -0.15) is 5.10 Å². The van der Waals surface area contributed by atoms with Crippen LogP contribution in [-0.4, -0.2) is 35.8 Å². The molecular formula is C11H13N5O2. The Hall–Kier alpha value is -2.18. The number of imidazole rings is 1. The first-order valence-electron chi connectivity index (χ1n) is 5.84. The van der Waals surface area contributed by atoms with Crippen molar-refractivity contribution in [3.05, 3.63) is 29.9 Å². The monoisotopic (exact) mass is 247 g/mol. The number of H-pyrrole nitrogens is 1. The molecule has 94 valence electrons. The second kappa shape index (κ2) is 4.25. The van der Waals surface area contributed by atoms with E-state index >= 15 is 0 Å². The van der Waals surface area contributed by atoms with Crippen molar-refractivity contribution in [1.82, 2.24) is 24.7 Å². The fraction of sp³-hybridized carbons (Fsp3) is 0.455. The lowest BCUT2D eigenvalue weighted by Gasteiger charge is -2.16. The van der Waals surface area contributed by atoms with E-state index in [0.717, 1.165) is 23.6 Å². The average molecular weight is 247 g/mol. The van der Waals surface area contributed by atoms with Crippen LogP contribution in [0.4, 0.5) is 0 Å². The van der Waals surface area contributed by atoms with Crippen molar-refractivity contribution in [3.63, 3.8) is 0 Å². The first kappa shape index (κ1) is 10.9. The third kappa shape index (κ3) is 1.99. The van der Waals surface area contributed by atoms with Crippen LogP contribution < -0.4 is 0 Å². The number of hydrogen-bond acceptors (Lipinski definition) is 4. The standard InChI is InChI=1S/C11H13N5O2/c17-11(18)7-1-2-8-9(3-7)15-10(14-8)4-16-6-12-5-13-16/h5-7H,1-4H2,(H,14,15)(H,17,18). The molecule has 7 nitrogen and oxygen atoms in total. The van der Waals surface area contributed by atoms with Crippen molar-refractivity contribution in [3.8, 4) is 0 Å². The number of carboxylic acids is 1. The third-order valence-corrected chi connectivity index (χ3v) is 3.22. The van der Waals surface area contributed by atoms with E-state index in [1.54, 1.807) is 11.0 Å². The van der Waals surface area contributed by atoms with Crippen molar-refractivity contribution in [2.24, 2.45) is 5.92 Å². The normalized spacial score (nSPS) is 18.6. The van der Waals surface area contributed by atoms with Gasteiger partial charge in [-0.3, -0.25) is 4.79 Å². The molecule has 1 atom stereocenters. The van der Waals surface area contributed by atoms with Gasteiger partial charge >= 0.3 is 5.97 Å². The molecule has 0 saturated heterocycles. The Bertz CT molecular complexity index is 560. The Balaban J connectivity index is 1.78. The van der Waals surface area contributed by atoms with Gasteiger partial charge in [0.2, 0.25) is 0 Å². The first-order chi connectivity index (χ1) is 8.72. The SMILES string of the molecule is O=C(O)C1CCc2nc(Cn3cncn3)[nH]c2C1. The average Bonchev–Trinajstić information content (AvgIpc) is 2.96. The summed E-state index contributed by atoms with van der Waals surface area (Å²) in [7, 11) is 0. The Kier molecular flexibility index (Phi) is 2.58. The minimum Gasteiger partial charge on any atom is -0.481 e. The topological polar surface area (TPSA) is 96.7 Å². The summed E-state index contributed by atoms with van der Waals surface area (Å²) in [4.78, 5) is 22.5. The number of aryl methyl sites for hydroxylation is 1. The van der Waals surface area contributed by atoms with Crippen LogP contribution in [0.2, 0.25) is 0 Å². The summed E-state index contributed by atoms with van der Waals surface area (Å²) < 4.78 is 1.68. The minimum atomic E-state index is -0.729. The maximum atomic E-state index is 11.0. The summed E-state index contributed by atoms with van der Waals surface area (Å²) in [6.07, 6.45) is 5.02. The molecule has 0 saturated carbocycles. The maximum absolute atomic E-state index is 11.0. The highest BCUT2D eigenvalue weighted by atomic mass is 16.4. The van der Waals surface area contributed by atoms with Crippen LogP contribution in [-0.2, 0) is 24.2 Å². The van der Waals surface area contributed by atoms with Gasteiger partial charge in [-0.1, -0.05) is 0 Å². The third-order valence-electron chi connectivity index (χ3n) is 3.22. The van der Waals surface area contributed by atoms with Gasteiger partial charge < -0.3 is 10.1 Å². The number of fused-ring (bicyclic) bond motifs is 1. The zero-order valence-electron chi connectivity index (χ0n) is 9.70. The van der Waals surface area contributed by atoms with Crippen LogP contribution in [0.5, 0.6) is 0 Å². The van der Waals surface area contributed by atoms with Crippen molar-refractivity contribution in [1.29, 1.82) is 0 Å². The van der Waals surface area contributed by atoms with E-state index in [1.165, 1.54) is 6.33 Å². The molecule has 2 heterocycles. The summed E-state index contributed by atoms with van der Waals surface area (Å²) >= 11 is 0. The molecule has 0 fully saturated rings. The van der Waals surface area contributed by atoms with E-state index in [2.05, 4.69) is 20.1 Å². The number of carboxylic acid groups (broad SMARTS) is 1. The van der Waals surface area contributed by atoms with Gasteiger partial charge in [-0.15, -0.1) is 0 Å². The molecule has 1 unspecified atom stereocenters. The van der Waals surface area contributed by atoms with Crippen LogP contribution in [0.3, 0.4) is 0 Å². The molecule has 3 rings (SSSR count). The molecule has 1 aliphatic carbocycles. The highest BCUT2D eigenvalue weighted by Gasteiger charge is 2.26. The van der Waals surface area contributed by atoms with Crippen molar-refractivity contribution < 1.29 is 9.90 Å². The zero-order chi connectivity index (χ0) is 12.5. The van der Waals surface area contributed by atoms with E-state index < -0.39 is 5.97 Å². The van der Waals surface area contributed by atoms with Crippen LogP contribution in [0, 0.1) is 5.92 Å². The molecular weight excluding hydrogens is 234 g/mol. The molecule has 7 heteroatoms. The Labute approximate surface area is 103 Å². The molecule has 2 N–H and O–H groups in total. The summed E-state index contributed by atoms with van der Waals surface area (Å²) in [5, 5.41) is 13.0. The number of nitrogens with one attached hydrogen (secondary N) is 1. The number of hydrogen-bond donors (Lipinski definition) is 2. The van der Waals surface area contributed by atoms with Crippen LogP contribution >= 0.6 is 0 Å². The molecule has 0 spiro atoms. The number of rotatable bonds is 3. The highest BCUT2D eigenvalue weighted by Crippen LogP contribution is 2.24. The largest absolute Gasteiger partial charge is 0.481 e. The molecule has 0 aromatic carbocycles. The zero-order valence-corrected chi connectivity index (χ0v) is 9.70. The molecule has 2 aromatic rings. The van der Waals surface area contributed by atoms with Gasteiger partial charge in [0.25, 0.3) is 0 Å². The summed E-state index contributed by atoms with van der Waals surface area (Å²) in [5.74, 6) is -0.221. The Morgan fingerprint density at radius 1 is 1.61 bits per heavy atom. The number of nitrogens with zero attached hydrogens (tertiary/aromatic N) is 4. The first-order valence-corrected chi connectivity index (χ1v) is 5.84. The van der Waals surface area contributed by atoms with E-state index in [4.69, 9.17) is 5.11 Å². The summed E-state index contributed by atoms with van der Waals surface area (Å²) in [6, 6.07) is 0. The Morgan fingerprint density at radius 3 is 3.22 bits per heavy atom. The smallest absolute Gasteiger partial charge is 0.306 e. The van der Waals surface area contributed by atoms with Crippen molar-refractivity contribution in [2.75, 3.05) is 0 Å².